The van der Waals surface area contributed by atoms with Gasteiger partial charge in [0.25, 0.3) is 0 Å². The van der Waals surface area contributed by atoms with Crippen LogP contribution in [-0.2, 0) is 9.59 Å². The molecule has 0 heterocycles. The molecule has 92 valence electrons. The van der Waals surface area contributed by atoms with E-state index in [1.54, 1.807) is 18.7 Å². The lowest BCUT2D eigenvalue weighted by atomic mass is 10.0. The van der Waals surface area contributed by atoms with Crippen LogP contribution in [0, 0.1) is 0 Å². The first-order valence-corrected chi connectivity index (χ1v) is 5.65. The summed E-state index contributed by atoms with van der Waals surface area (Å²) in [5.41, 5.74) is -1.00. The Bertz CT molecular complexity index is 285. The van der Waals surface area contributed by atoms with Crippen molar-refractivity contribution in [3.05, 3.63) is 0 Å². The van der Waals surface area contributed by atoms with Gasteiger partial charge >= 0.3 is 5.97 Å². The van der Waals surface area contributed by atoms with Crippen molar-refractivity contribution in [1.82, 2.24) is 10.2 Å². The summed E-state index contributed by atoms with van der Waals surface area (Å²) in [6.45, 7) is 5.77. The Morgan fingerprint density at radius 2 is 2.00 bits per heavy atom. The molecule has 0 saturated heterocycles. The van der Waals surface area contributed by atoms with Gasteiger partial charge in [0, 0.05) is 6.04 Å². The Hall–Kier alpha value is -1.10. The number of carboxylic acids is 1. The third-order valence-electron chi connectivity index (χ3n) is 2.97. The highest BCUT2D eigenvalue weighted by molar-refractivity contribution is 5.81. The molecule has 5 nitrogen and oxygen atoms in total. The summed E-state index contributed by atoms with van der Waals surface area (Å²) in [7, 11) is 0. The number of rotatable bonds is 6. The zero-order valence-corrected chi connectivity index (χ0v) is 10.1. The fourth-order valence-electron chi connectivity index (χ4n) is 1.51. The van der Waals surface area contributed by atoms with Crippen LogP contribution in [0.2, 0.25) is 0 Å². The summed E-state index contributed by atoms with van der Waals surface area (Å²) >= 11 is 0. The highest BCUT2D eigenvalue weighted by atomic mass is 16.4. The molecule has 1 fully saturated rings. The number of amides is 1. The molecule has 1 rings (SSSR count). The van der Waals surface area contributed by atoms with Crippen LogP contribution in [0.1, 0.15) is 33.6 Å². The number of hydrogen-bond acceptors (Lipinski definition) is 3. The van der Waals surface area contributed by atoms with E-state index in [1.807, 2.05) is 6.92 Å². The Balaban J connectivity index is 2.52. The summed E-state index contributed by atoms with van der Waals surface area (Å²) in [5, 5.41) is 11.9. The van der Waals surface area contributed by atoms with E-state index in [0.717, 1.165) is 12.8 Å². The summed E-state index contributed by atoms with van der Waals surface area (Å²) < 4.78 is 0. The summed E-state index contributed by atoms with van der Waals surface area (Å²) in [5.74, 6) is -0.993. The summed E-state index contributed by atoms with van der Waals surface area (Å²) in [4.78, 5) is 24.3. The number of nitrogens with zero attached hydrogens (tertiary/aromatic N) is 1. The average molecular weight is 228 g/mol. The minimum Gasteiger partial charge on any atom is -0.480 e. The van der Waals surface area contributed by atoms with Gasteiger partial charge < -0.3 is 10.4 Å². The molecule has 0 bridgehead atoms. The van der Waals surface area contributed by atoms with E-state index >= 15 is 0 Å². The van der Waals surface area contributed by atoms with Crippen molar-refractivity contribution >= 4 is 11.9 Å². The highest BCUT2D eigenvalue weighted by Crippen LogP contribution is 2.19. The van der Waals surface area contributed by atoms with E-state index in [0.29, 0.717) is 12.6 Å². The van der Waals surface area contributed by atoms with Gasteiger partial charge in [0.2, 0.25) is 5.91 Å². The molecule has 0 aromatic heterocycles. The number of carboxylic acid groups (broad SMARTS) is 1. The second kappa shape index (κ2) is 4.82. The molecule has 0 aromatic carbocycles. The lowest BCUT2D eigenvalue weighted by molar-refractivity contribution is -0.150. The van der Waals surface area contributed by atoms with E-state index in [1.165, 1.54) is 0 Å². The average Bonchev–Trinajstić information content (AvgIpc) is 2.97. The van der Waals surface area contributed by atoms with Crippen LogP contribution in [0.15, 0.2) is 0 Å². The van der Waals surface area contributed by atoms with Crippen LogP contribution in [0.5, 0.6) is 0 Å². The Morgan fingerprint density at radius 3 is 2.38 bits per heavy atom. The van der Waals surface area contributed by atoms with Gasteiger partial charge in [-0.3, -0.25) is 14.5 Å². The van der Waals surface area contributed by atoms with E-state index in [9.17, 15) is 9.59 Å². The SMILES string of the molecule is CCN(CC(=O)NC1CC1)C(C)(C)C(=O)O. The molecule has 0 aliphatic heterocycles. The van der Waals surface area contributed by atoms with Gasteiger partial charge in [-0.25, -0.2) is 0 Å². The van der Waals surface area contributed by atoms with Crippen LogP contribution in [-0.4, -0.2) is 46.6 Å². The van der Waals surface area contributed by atoms with Gasteiger partial charge in [-0.15, -0.1) is 0 Å². The third-order valence-corrected chi connectivity index (χ3v) is 2.97. The highest BCUT2D eigenvalue weighted by Gasteiger charge is 2.35. The Labute approximate surface area is 95.8 Å². The maximum Gasteiger partial charge on any atom is 0.323 e. The smallest absolute Gasteiger partial charge is 0.323 e. The Kier molecular flexibility index (Phi) is 3.91. The van der Waals surface area contributed by atoms with Gasteiger partial charge in [-0.05, 0) is 33.2 Å². The van der Waals surface area contributed by atoms with Gasteiger partial charge in [-0.1, -0.05) is 6.92 Å². The van der Waals surface area contributed by atoms with Crippen molar-refractivity contribution in [3.8, 4) is 0 Å². The summed E-state index contributed by atoms with van der Waals surface area (Å²) in [6.07, 6.45) is 2.08. The molecule has 1 aliphatic carbocycles. The van der Waals surface area contributed by atoms with Crippen molar-refractivity contribution in [3.63, 3.8) is 0 Å². The number of nitrogens with one attached hydrogen (secondary N) is 1. The predicted octanol–water partition coefficient (Wildman–Crippen LogP) is 0.450. The fraction of sp³-hybridized carbons (Fsp3) is 0.818. The molecular weight excluding hydrogens is 208 g/mol. The number of carbonyl (C=O) groups excluding carboxylic acids is 1. The minimum atomic E-state index is -1.00. The number of carbonyl (C=O) groups is 2. The second-order valence-corrected chi connectivity index (χ2v) is 4.72. The van der Waals surface area contributed by atoms with Crippen molar-refractivity contribution in [1.29, 1.82) is 0 Å². The molecule has 0 unspecified atom stereocenters. The zero-order chi connectivity index (χ0) is 12.3. The van der Waals surface area contributed by atoms with Crippen molar-refractivity contribution in [2.45, 2.75) is 45.2 Å². The van der Waals surface area contributed by atoms with E-state index in [4.69, 9.17) is 5.11 Å². The van der Waals surface area contributed by atoms with Crippen molar-refractivity contribution < 1.29 is 14.7 Å². The molecule has 5 heteroatoms. The minimum absolute atomic E-state index is 0.0846. The quantitative estimate of drug-likeness (QED) is 0.692. The number of likely N-dealkylation sites (N-methyl/N-ethyl adjacent to an activating group) is 1. The van der Waals surface area contributed by atoms with Crippen LogP contribution >= 0.6 is 0 Å². The maximum atomic E-state index is 11.6. The van der Waals surface area contributed by atoms with Gasteiger partial charge in [0.1, 0.15) is 5.54 Å². The van der Waals surface area contributed by atoms with Gasteiger partial charge in [-0.2, -0.15) is 0 Å². The molecule has 0 atom stereocenters. The zero-order valence-electron chi connectivity index (χ0n) is 10.1. The predicted molar refractivity (Wildman–Crippen MR) is 60.1 cm³/mol. The number of aliphatic carboxylic acids is 1. The first-order valence-electron chi connectivity index (χ1n) is 5.65. The largest absolute Gasteiger partial charge is 0.480 e. The van der Waals surface area contributed by atoms with E-state index < -0.39 is 11.5 Å². The second-order valence-electron chi connectivity index (χ2n) is 4.72. The molecule has 1 amide bonds. The molecular formula is C11H20N2O3. The standard InChI is InChI=1S/C11H20N2O3/c1-4-13(11(2,3)10(15)16)7-9(14)12-8-5-6-8/h8H,4-7H2,1-3H3,(H,12,14)(H,15,16). The topological polar surface area (TPSA) is 69.6 Å². The van der Waals surface area contributed by atoms with Crippen LogP contribution in [0.4, 0.5) is 0 Å². The molecule has 16 heavy (non-hydrogen) atoms. The first-order chi connectivity index (χ1) is 7.37. The van der Waals surface area contributed by atoms with Gasteiger partial charge in [0.05, 0.1) is 6.54 Å². The van der Waals surface area contributed by atoms with Crippen LogP contribution in [0.3, 0.4) is 0 Å². The molecule has 1 aliphatic rings. The van der Waals surface area contributed by atoms with E-state index in [-0.39, 0.29) is 12.5 Å². The number of hydrogen-bond donors (Lipinski definition) is 2. The lowest BCUT2D eigenvalue weighted by Crippen LogP contribution is -2.53. The van der Waals surface area contributed by atoms with Crippen LogP contribution in [0.25, 0.3) is 0 Å². The Morgan fingerprint density at radius 1 is 1.44 bits per heavy atom. The van der Waals surface area contributed by atoms with Crippen LogP contribution < -0.4 is 5.32 Å². The lowest BCUT2D eigenvalue weighted by Gasteiger charge is -2.33. The molecule has 0 spiro atoms. The maximum absolute atomic E-state index is 11.6. The van der Waals surface area contributed by atoms with Crippen molar-refractivity contribution in [2.75, 3.05) is 13.1 Å². The first kappa shape index (κ1) is 13.0. The molecule has 2 N–H and O–H groups in total. The fourth-order valence-corrected chi connectivity index (χ4v) is 1.51. The monoisotopic (exact) mass is 228 g/mol. The normalized spacial score (nSPS) is 16.2. The molecule has 0 aromatic rings. The van der Waals surface area contributed by atoms with E-state index in [2.05, 4.69) is 5.32 Å². The molecule has 1 saturated carbocycles. The van der Waals surface area contributed by atoms with Gasteiger partial charge in [0.15, 0.2) is 0 Å². The summed E-state index contributed by atoms with van der Waals surface area (Å²) in [6, 6.07) is 0.319. The third kappa shape index (κ3) is 3.20. The molecule has 0 radical (unpaired) electrons. The van der Waals surface area contributed by atoms with Crippen molar-refractivity contribution in [2.24, 2.45) is 0 Å².